The van der Waals surface area contributed by atoms with Gasteiger partial charge < -0.3 is 29.2 Å². The lowest BCUT2D eigenvalue weighted by atomic mass is 10.1. The summed E-state index contributed by atoms with van der Waals surface area (Å²) in [5.74, 6) is 3.00. The molecule has 7 heteroatoms. The van der Waals surface area contributed by atoms with Crippen LogP contribution in [0.15, 0.2) is 23.2 Å². The topological polar surface area (TPSA) is 64.6 Å². The number of guanidine groups is 1. The number of ether oxygens (including phenoxy) is 4. The van der Waals surface area contributed by atoms with Crippen LogP contribution in [0.5, 0.6) is 11.5 Å². The first-order valence-corrected chi connectivity index (χ1v) is 10.0. The normalized spacial score (nSPS) is 17.1. The van der Waals surface area contributed by atoms with Gasteiger partial charge in [-0.3, -0.25) is 4.99 Å². The number of nitrogens with one attached hydrogen (secondary N) is 1. The molecule has 1 atom stereocenters. The van der Waals surface area contributed by atoms with Crippen LogP contribution >= 0.6 is 0 Å². The summed E-state index contributed by atoms with van der Waals surface area (Å²) in [4.78, 5) is 6.74. The molecule has 2 rings (SSSR count). The van der Waals surface area contributed by atoms with E-state index in [4.69, 9.17) is 18.9 Å². The molecule has 1 aromatic carbocycles. The molecule has 0 amide bonds. The van der Waals surface area contributed by atoms with Crippen LogP contribution < -0.4 is 14.8 Å². The van der Waals surface area contributed by atoms with Gasteiger partial charge in [0.15, 0.2) is 17.5 Å². The minimum atomic E-state index is 0.533. The van der Waals surface area contributed by atoms with Crippen LogP contribution in [0.4, 0.5) is 0 Å². The number of methoxy groups -OCH3 is 2. The van der Waals surface area contributed by atoms with Gasteiger partial charge in [0.05, 0.1) is 33.5 Å². The number of hydrogen-bond donors (Lipinski definition) is 1. The van der Waals surface area contributed by atoms with E-state index < -0.39 is 0 Å². The minimum Gasteiger partial charge on any atom is -0.493 e. The van der Waals surface area contributed by atoms with E-state index in [1.165, 1.54) is 0 Å². The van der Waals surface area contributed by atoms with Crippen molar-refractivity contribution >= 4 is 5.96 Å². The maximum Gasteiger partial charge on any atom is 0.193 e. The number of aliphatic imine (C=N–C) groups is 1. The van der Waals surface area contributed by atoms with Crippen molar-refractivity contribution in [2.45, 2.75) is 26.3 Å². The first-order valence-electron chi connectivity index (χ1n) is 10.0. The second-order valence-electron chi connectivity index (χ2n) is 6.90. The van der Waals surface area contributed by atoms with Crippen LogP contribution in [0, 0.1) is 5.92 Å². The van der Waals surface area contributed by atoms with Gasteiger partial charge in [-0.25, -0.2) is 0 Å². The molecule has 0 bridgehead atoms. The highest BCUT2D eigenvalue weighted by Gasteiger charge is 2.24. The Hall–Kier alpha value is -1.99. The fourth-order valence-corrected chi connectivity index (χ4v) is 3.22. The van der Waals surface area contributed by atoms with Gasteiger partial charge in [0.1, 0.15) is 0 Å². The summed E-state index contributed by atoms with van der Waals surface area (Å²) < 4.78 is 21.9. The summed E-state index contributed by atoms with van der Waals surface area (Å²) in [5, 5.41) is 3.46. The second-order valence-corrected chi connectivity index (χ2v) is 6.90. The number of nitrogens with zero attached hydrogens (tertiary/aromatic N) is 2. The van der Waals surface area contributed by atoms with Gasteiger partial charge >= 0.3 is 0 Å². The molecular weight excluding hydrogens is 358 g/mol. The van der Waals surface area contributed by atoms with Crippen molar-refractivity contribution in [1.82, 2.24) is 10.2 Å². The number of likely N-dealkylation sites (tertiary alicyclic amines) is 1. The molecule has 28 heavy (non-hydrogen) atoms. The summed E-state index contributed by atoms with van der Waals surface area (Å²) in [6.07, 6.45) is 2.09. The van der Waals surface area contributed by atoms with Crippen molar-refractivity contribution in [2.24, 2.45) is 10.9 Å². The van der Waals surface area contributed by atoms with Crippen LogP contribution in [-0.4, -0.2) is 71.6 Å². The van der Waals surface area contributed by atoms with Crippen molar-refractivity contribution in [3.8, 4) is 11.5 Å². The zero-order valence-electron chi connectivity index (χ0n) is 17.7. The molecule has 1 aliphatic heterocycles. The summed E-state index contributed by atoms with van der Waals surface area (Å²) in [6.45, 7) is 7.48. The van der Waals surface area contributed by atoms with Crippen molar-refractivity contribution in [3.63, 3.8) is 0 Å². The van der Waals surface area contributed by atoms with E-state index >= 15 is 0 Å². The molecule has 1 aliphatic rings. The van der Waals surface area contributed by atoms with Crippen molar-refractivity contribution < 1.29 is 18.9 Å². The Morgan fingerprint density at radius 1 is 1.21 bits per heavy atom. The Kier molecular flexibility index (Phi) is 9.93. The molecule has 1 fully saturated rings. The van der Waals surface area contributed by atoms with Crippen LogP contribution in [0.25, 0.3) is 0 Å². The second kappa shape index (κ2) is 12.5. The standard InChI is InChI=1S/C21H35N3O4/c1-5-10-28-19-7-6-17(13-20(19)26-4)14-23-21(22-2)24-9-8-18(15-24)16-27-12-11-25-3/h6-7,13,18H,5,8-12,14-16H2,1-4H3,(H,22,23). The third-order valence-electron chi connectivity index (χ3n) is 4.72. The Bertz CT molecular complexity index is 609. The first kappa shape index (κ1) is 22.3. The lowest BCUT2D eigenvalue weighted by Crippen LogP contribution is -2.39. The molecule has 0 aliphatic carbocycles. The molecule has 158 valence electrons. The largest absolute Gasteiger partial charge is 0.493 e. The van der Waals surface area contributed by atoms with Crippen molar-refractivity contribution in [3.05, 3.63) is 23.8 Å². The predicted octanol–water partition coefficient (Wildman–Crippen LogP) is 2.54. The molecule has 1 N–H and O–H groups in total. The average molecular weight is 394 g/mol. The maximum absolute atomic E-state index is 5.72. The van der Waals surface area contributed by atoms with Crippen LogP contribution in [0.2, 0.25) is 0 Å². The van der Waals surface area contributed by atoms with Gasteiger partial charge in [0, 0.05) is 39.7 Å². The molecule has 0 spiro atoms. The van der Waals surface area contributed by atoms with Crippen molar-refractivity contribution in [1.29, 1.82) is 0 Å². The highest BCUT2D eigenvalue weighted by atomic mass is 16.5. The molecule has 1 saturated heterocycles. The van der Waals surface area contributed by atoms with E-state index in [1.54, 1.807) is 14.2 Å². The minimum absolute atomic E-state index is 0.533. The number of rotatable bonds is 11. The van der Waals surface area contributed by atoms with Gasteiger partial charge in [-0.05, 0) is 30.5 Å². The lowest BCUT2D eigenvalue weighted by molar-refractivity contribution is 0.0536. The van der Waals surface area contributed by atoms with Gasteiger partial charge in [0.25, 0.3) is 0 Å². The molecule has 1 unspecified atom stereocenters. The van der Waals surface area contributed by atoms with Gasteiger partial charge in [-0.2, -0.15) is 0 Å². The molecule has 0 radical (unpaired) electrons. The highest BCUT2D eigenvalue weighted by molar-refractivity contribution is 5.80. The molecule has 0 saturated carbocycles. The fraction of sp³-hybridized carbons (Fsp3) is 0.667. The third kappa shape index (κ3) is 6.87. The van der Waals surface area contributed by atoms with E-state index in [9.17, 15) is 0 Å². The summed E-state index contributed by atoms with van der Waals surface area (Å²) >= 11 is 0. The zero-order valence-corrected chi connectivity index (χ0v) is 17.7. The van der Waals surface area contributed by atoms with Gasteiger partial charge in [-0.15, -0.1) is 0 Å². The van der Waals surface area contributed by atoms with Gasteiger partial charge in [0.2, 0.25) is 0 Å². The number of hydrogen-bond acceptors (Lipinski definition) is 5. The zero-order chi connectivity index (χ0) is 20.2. The van der Waals surface area contributed by atoms with E-state index in [0.717, 1.165) is 55.6 Å². The molecular formula is C21H35N3O4. The van der Waals surface area contributed by atoms with Crippen LogP contribution in [0.3, 0.4) is 0 Å². The molecule has 1 aromatic rings. The van der Waals surface area contributed by atoms with E-state index in [2.05, 4.69) is 28.2 Å². The Labute approximate surface area is 169 Å². The molecule has 7 nitrogen and oxygen atoms in total. The van der Waals surface area contributed by atoms with Crippen LogP contribution in [-0.2, 0) is 16.0 Å². The van der Waals surface area contributed by atoms with E-state index in [-0.39, 0.29) is 0 Å². The van der Waals surface area contributed by atoms with E-state index in [0.29, 0.717) is 32.3 Å². The van der Waals surface area contributed by atoms with Crippen molar-refractivity contribution in [2.75, 3.05) is 60.8 Å². The Balaban J connectivity index is 1.83. The maximum atomic E-state index is 5.72. The van der Waals surface area contributed by atoms with Gasteiger partial charge in [-0.1, -0.05) is 13.0 Å². The highest BCUT2D eigenvalue weighted by Crippen LogP contribution is 2.28. The predicted molar refractivity (Wildman–Crippen MR) is 111 cm³/mol. The Morgan fingerprint density at radius 2 is 2.07 bits per heavy atom. The molecule has 1 heterocycles. The quantitative estimate of drug-likeness (QED) is 0.354. The summed E-state index contributed by atoms with van der Waals surface area (Å²) in [7, 11) is 5.19. The fourth-order valence-electron chi connectivity index (χ4n) is 3.22. The SMILES string of the molecule is CCCOc1ccc(CNC(=NC)N2CCC(COCCOC)C2)cc1OC. The first-order chi connectivity index (χ1) is 13.7. The average Bonchev–Trinajstić information content (AvgIpc) is 3.19. The monoisotopic (exact) mass is 393 g/mol. The lowest BCUT2D eigenvalue weighted by Gasteiger charge is -2.22. The van der Waals surface area contributed by atoms with Crippen LogP contribution in [0.1, 0.15) is 25.3 Å². The smallest absolute Gasteiger partial charge is 0.193 e. The summed E-state index contributed by atoms with van der Waals surface area (Å²) in [6, 6.07) is 6.05. The molecule has 0 aromatic heterocycles. The summed E-state index contributed by atoms with van der Waals surface area (Å²) in [5.41, 5.74) is 1.13. The number of benzene rings is 1. The van der Waals surface area contributed by atoms with E-state index in [1.807, 2.05) is 19.2 Å². The third-order valence-corrected chi connectivity index (χ3v) is 4.72. The Morgan fingerprint density at radius 3 is 2.79 bits per heavy atom.